The van der Waals surface area contributed by atoms with E-state index < -0.39 is 0 Å². The third-order valence-corrected chi connectivity index (χ3v) is 26.3. The van der Waals surface area contributed by atoms with Crippen molar-refractivity contribution in [1.29, 1.82) is 0 Å². The van der Waals surface area contributed by atoms with Crippen LogP contribution >= 0.6 is 0 Å². The fourth-order valence-electron chi connectivity index (χ4n) is 22.0. The summed E-state index contributed by atoms with van der Waals surface area (Å²) in [5.41, 5.74) is 65.8. The van der Waals surface area contributed by atoms with Crippen LogP contribution in [0.25, 0.3) is 66.8 Å². The quantitative estimate of drug-likeness (QED) is 0.150. The summed E-state index contributed by atoms with van der Waals surface area (Å²) in [7, 11) is 0. The zero-order chi connectivity index (χ0) is 98.0. The molecule has 12 aliphatic rings. The molecule has 0 atom stereocenters. The molecule has 0 radical (unpaired) electrons. The highest BCUT2D eigenvalue weighted by atomic mass is 15.2. The molecule has 0 unspecified atom stereocenters. The largest absolute Gasteiger partial charge is 0.309 e. The predicted octanol–water partition coefficient (Wildman–Crippen LogP) is 39.7. The molecule has 6 aliphatic heterocycles. The molecule has 0 spiro atoms. The Labute approximate surface area is 818 Å². The first kappa shape index (κ1) is 105. The summed E-state index contributed by atoms with van der Waals surface area (Å²) < 4.78 is 0. The van der Waals surface area contributed by atoms with E-state index in [-0.39, 0.29) is 0 Å². The van der Waals surface area contributed by atoms with Gasteiger partial charge in [0.1, 0.15) is 0 Å². The third-order valence-electron chi connectivity index (χ3n) is 26.3. The van der Waals surface area contributed by atoms with Crippen molar-refractivity contribution in [2.24, 2.45) is 0 Å². The van der Waals surface area contributed by atoms with E-state index in [9.17, 15) is 0 Å². The Morgan fingerprint density at radius 3 is 0.667 bits per heavy atom. The lowest BCUT2D eigenvalue weighted by atomic mass is 9.80. The summed E-state index contributed by atoms with van der Waals surface area (Å²) in [6.07, 6.45) is 12.4. The second-order valence-corrected chi connectivity index (χ2v) is 31.4. The van der Waals surface area contributed by atoms with Crippen molar-refractivity contribution in [1.82, 2.24) is 0 Å². The van der Waals surface area contributed by atoms with Gasteiger partial charge in [0.05, 0.1) is 34.1 Å². The summed E-state index contributed by atoms with van der Waals surface area (Å²) in [6.45, 7) is 60.0. The Hall–Kier alpha value is -12.3. The SMILES string of the molecule is CC.CC.CC.CC.CC.CC.CC.CC.CC.CC.CC.CC.CC.CC.CC.c1ccc2c(c1)Cc1c-2ccc2c1Cc1c3c(cc4c1N2c1ccccc1C4)-c1ccccc1C3.c1ccc2c(c1)Cc1c-2ccc2c1Cc1c3c(cc4c1N2c1ccccc1C4)Cc1ccccc1-3.c1ccc2c(c1)Cc1c-2ccc2c1Cc1cc3c(c4c1N2c1ccccc1C4)-c1ccccc1C3. The molecule has 0 N–H and O–H groups in total. The zero-order valence-corrected chi connectivity index (χ0v) is 88.3. The van der Waals surface area contributed by atoms with Crippen LogP contribution in [0, 0.1) is 0 Å². The van der Waals surface area contributed by atoms with Gasteiger partial charge >= 0.3 is 0 Å². The van der Waals surface area contributed by atoms with Gasteiger partial charge in [0.2, 0.25) is 0 Å². The summed E-state index contributed by atoms with van der Waals surface area (Å²) in [5, 5.41) is 0. The molecule has 6 aliphatic carbocycles. The minimum Gasteiger partial charge on any atom is -0.309 e. The molecule has 135 heavy (non-hydrogen) atoms. The van der Waals surface area contributed by atoms with Gasteiger partial charge in [-0.05, 0) is 281 Å². The van der Waals surface area contributed by atoms with Crippen LogP contribution in [0.2, 0.25) is 0 Å². The number of hydrogen-bond donors (Lipinski definition) is 0. The Morgan fingerprint density at radius 1 is 0.126 bits per heavy atom. The molecule has 0 saturated heterocycles. The van der Waals surface area contributed by atoms with Gasteiger partial charge < -0.3 is 14.7 Å². The van der Waals surface area contributed by atoms with Crippen molar-refractivity contribution in [3.8, 4) is 66.8 Å². The molecule has 15 aromatic rings. The van der Waals surface area contributed by atoms with Crippen molar-refractivity contribution in [2.45, 2.75) is 285 Å². The Bertz CT molecular complexity index is 6490. The van der Waals surface area contributed by atoms with Gasteiger partial charge in [-0.25, -0.2) is 0 Å². The number of para-hydroxylation sites is 3. The topological polar surface area (TPSA) is 9.72 Å². The second kappa shape index (κ2) is 49.8. The van der Waals surface area contributed by atoms with E-state index in [1.54, 1.807) is 11.1 Å². The Kier molecular flexibility index (Phi) is 38.6. The van der Waals surface area contributed by atoms with E-state index in [2.05, 4.69) is 288 Å². The molecular formula is C132H159N3. The van der Waals surface area contributed by atoms with Crippen LogP contribution in [0.15, 0.2) is 273 Å². The maximum Gasteiger partial charge on any atom is 0.0539 e. The molecule has 0 fully saturated rings. The van der Waals surface area contributed by atoms with Gasteiger partial charge in [-0.1, -0.05) is 438 Å². The van der Waals surface area contributed by atoms with E-state index in [1.165, 1.54) is 240 Å². The van der Waals surface area contributed by atoms with E-state index in [1.807, 2.05) is 208 Å². The Balaban J connectivity index is 0.000000184. The normalized spacial score (nSPS) is 12.3. The highest BCUT2D eigenvalue weighted by molar-refractivity contribution is 6.01. The van der Waals surface area contributed by atoms with Gasteiger partial charge in [0, 0.05) is 55.6 Å². The lowest BCUT2D eigenvalue weighted by molar-refractivity contribution is 0.981. The Morgan fingerprint density at radius 2 is 0.333 bits per heavy atom. The monoisotopic (exact) mass is 1790 g/mol. The summed E-state index contributed by atoms with van der Waals surface area (Å²) in [5.74, 6) is 0. The van der Waals surface area contributed by atoms with Crippen molar-refractivity contribution < 1.29 is 0 Å². The van der Waals surface area contributed by atoms with Crippen LogP contribution in [0.4, 0.5) is 51.2 Å². The molecule has 27 rings (SSSR count). The number of rotatable bonds is 0. The third kappa shape index (κ3) is 18.7. The van der Waals surface area contributed by atoms with E-state index >= 15 is 0 Å². The van der Waals surface area contributed by atoms with Gasteiger partial charge in [0.15, 0.2) is 0 Å². The molecule has 3 nitrogen and oxygen atoms in total. The number of anilines is 9. The van der Waals surface area contributed by atoms with Gasteiger partial charge in [0.25, 0.3) is 0 Å². The van der Waals surface area contributed by atoms with Crippen molar-refractivity contribution in [3.05, 3.63) is 407 Å². The number of benzene rings is 15. The van der Waals surface area contributed by atoms with Crippen LogP contribution in [0.1, 0.15) is 341 Å². The van der Waals surface area contributed by atoms with Crippen LogP contribution in [0.3, 0.4) is 0 Å². The average Bonchev–Trinajstić information content (AvgIpc) is 1.66. The van der Waals surface area contributed by atoms with Gasteiger partial charge in [-0.15, -0.1) is 0 Å². The maximum atomic E-state index is 2.61. The van der Waals surface area contributed by atoms with Crippen molar-refractivity contribution in [2.75, 3.05) is 14.7 Å². The first-order chi connectivity index (χ1) is 67.0. The second-order valence-electron chi connectivity index (χ2n) is 31.4. The van der Waals surface area contributed by atoms with Crippen molar-refractivity contribution in [3.63, 3.8) is 0 Å². The fourth-order valence-corrected chi connectivity index (χ4v) is 22.0. The molecular weight excluding hydrogens is 1630 g/mol. The number of fused-ring (bicyclic) bond motifs is 36. The molecule has 0 bridgehead atoms. The summed E-state index contributed by atoms with van der Waals surface area (Å²) in [6, 6.07) is 103. The minimum absolute atomic E-state index is 1.01. The van der Waals surface area contributed by atoms with Crippen LogP contribution in [-0.2, 0) is 77.0 Å². The first-order valence-corrected chi connectivity index (χ1v) is 53.2. The summed E-state index contributed by atoms with van der Waals surface area (Å²) >= 11 is 0. The zero-order valence-electron chi connectivity index (χ0n) is 88.3. The van der Waals surface area contributed by atoms with Crippen LogP contribution in [-0.4, -0.2) is 0 Å². The average molecular weight is 1790 g/mol. The van der Waals surface area contributed by atoms with Crippen LogP contribution < -0.4 is 14.7 Å². The molecule has 15 aromatic carbocycles. The molecule has 6 heterocycles. The molecule has 702 valence electrons. The maximum absolute atomic E-state index is 2.61. The van der Waals surface area contributed by atoms with Gasteiger partial charge in [-0.3, -0.25) is 0 Å². The standard InChI is InChI=1S/3C34H23N.15C2H6/c1-4-10-25-21(8-1)18-28-27(25)13-14-32-29(28)19-30-33-23(15-20-7-2-5-11-26(20)33)17-24-16-22-9-3-6-12-31(22)35(32)34(24)30;1-4-10-25-21(8-1)17-28-27(25)13-14-32-29(28)19-24-16-23-15-20-7-2-5-11-26(20)33(23)30-18-22-9-3-6-12-31(22)35(32)34(24)30;1-4-10-24-20(7-1)16-28-26(24)13-14-33-30(28)19-31-29-17-21-8-2-5-11-25(21)27(29)18-23-15-22-9-3-6-12-32(22)35(33)34(23)31;15*1-2/h1-14,17H,15-16,18-19H2;1-14,16H,15,17-19H2;1-14,18H,15-17,19H2;15*1-2H3. The number of nitrogens with zero attached hydrogens (tertiary/aromatic N) is 3. The minimum atomic E-state index is 1.01. The van der Waals surface area contributed by atoms with E-state index in [4.69, 9.17) is 0 Å². The lowest BCUT2D eigenvalue weighted by Crippen LogP contribution is -2.26. The summed E-state index contributed by atoms with van der Waals surface area (Å²) in [4.78, 5) is 7.81. The van der Waals surface area contributed by atoms with E-state index in [0.717, 1.165) is 77.0 Å². The van der Waals surface area contributed by atoms with Crippen molar-refractivity contribution >= 4 is 51.2 Å². The number of hydrogen-bond acceptors (Lipinski definition) is 3. The highest BCUT2D eigenvalue weighted by Gasteiger charge is 2.43. The highest BCUT2D eigenvalue weighted by Crippen LogP contribution is 2.62. The molecule has 0 amide bonds. The molecule has 3 heteroatoms. The molecule has 0 saturated carbocycles. The smallest absolute Gasteiger partial charge is 0.0539 e. The van der Waals surface area contributed by atoms with E-state index in [0.29, 0.717) is 0 Å². The first-order valence-electron chi connectivity index (χ1n) is 53.2. The lowest BCUT2D eigenvalue weighted by Gasteiger charge is -2.41. The predicted molar refractivity (Wildman–Crippen MR) is 600 cm³/mol. The molecule has 0 aromatic heterocycles. The van der Waals surface area contributed by atoms with Gasteiger partial charge in [-0.2, -0.15) is 0 Å². The fraction of sp³-hybridized carbons (Fsp3) is 0.318. The van der Waals surface area contributed by atoms with Crippen LogP contribution in [0.5, 0.6) is 0 Å².